The Labute approximate surface area is 92.2 Å². The van der Waals surface area contributed by atoms with E-state index in [2.05, 4.69) is 4.98 Å². The highest BCUT2D eigenvalue weighted by Gasteiger charge is 2.26. The monoisotopic (exact) mass is 228 g/mol. The second-order valence-electron chi connectivity index (χ2n) is 4.29. The first-order valence-electron chi connectivity index (χ1n) is 4.67. The van der Waals surface area contributed by atoms with Gasteiger partial charge in [0.05, 0.1) is 0 Å². The highest BCUT2D eigenvalue weighted by molar-refractivity contribution is 5.89. The van der Waals surface area contributed by atoms with Gasteiger partial charge in [-0.05, 0) is 20.8 Å². The molecule has 0 saturated carbocycles. The molecule has 1 heterocycles. The van der Waals surface area contributed by atoms with Crippen molar-refractivity contribution in [1.82, 2.24) is 9.55 Å². The molecule has 1 aromatic rings. The van der Waals surface area contributed by atoms with E-state index in [9.17, 15) is 14.0 Å². The molecule has 0 aliphatic rings. The lowest BCUT2D eigenvalue weighted by molar-refractivity contribution is 0.00535. The predicted molar refractivity (Wildman–Crippen MR) is 53.7 cm³/mol. The number of aromatic nitrogens is 2. The topological polar surface area (TPSA) is 61.2 Å². The van der Waals surface area contributed by atoms with Crippen LogP contribution < -0.4 is 0 Å². The van der Waals surface area contributed by atoms with E-state index in [0.29, 0.717) is 6.29 Å². The van der Waals surface area contributed by atoms with Crippen LogP contribution in [0.15, 0.2) is 0 Å². The molecule has 6 heteroatoms. The fraction of sp³-hybridized carbons (Fsp3) is 0.500. The molecular weight excluding hydrogens is 215 g/mol. The largest absolute Gasteiger partial charge is 0.455 e. The zero-order valence-corrected chi connectivity index (χ0v) is 9.57. The molecule has 0 radical (unpaired) electrons. The number of ether oxygens (including phenoxy) is 1. The molecule has 0 unspecified atom stereocenters. The third-order valence-corrected chi connectivity index (χ3v) is 1.78. The average Bonchev–Trinajstić information content (AvgIpc) is 2.38. The van der Waals surface area contributed by atoms with E-state index in [1.54, 1.807) is 20.8 Å². The van der Waals surface area contributed by atoms with Crippen LogP contribution in [0.25, 0.3) is 0 Å². The lowest BCUT2D eigenvalue weighted by Gasteiger charge is -2.19. The maximum Gasteiger partial charge on any atom is 0.360 e. The van der Waals surface area contributed by atoms with Crippen molar-refractivity contribution in [3.8, 4) is 0 Å². The second-order valence-corrected chi connectivity index (χ2v) is 4.29. The van der Waals surface area contributed by atoms with E-state index in [-0.39, 0.29) is 11.5 Å². The summed E-state index contributed by atoms with van der Waals surface area (Å²) in [5, 5.41) is 0. The van der Waals surface area contributed by atoms with E-state index in [0.717, 1.165) is 4.57 Å². The Kier molecular flexibility index (Phi) is 3.11. The molecule has 1 aromatic heterocycles. The molecule has 5 nitrogen and oxygen atoms in total. The number of carbonyl (C=O) groups excluding carboxylic acids is 2. The predicted octanol–water partition coefficient (Wildman–Crippen LogP) is 1.33. The van der Waals surface area contributed by atoms with Crippen LogP contribution in [0.2, 0.25) is 0 Å². The molecule has 0 spiro atoms. The van der Waals surface area contributed by atoms with Crippen LogP contribution in [0.3, 0.4) is 0 Å². The van der Waals surface area contributed by atoms with Crippen LogP contribution in [0.1, 0.15) is 41.9 Å². The quantitative estimate of drug-likeness (QED) is 0.566. The third kappa shape index (κ3) is 2.44. The van der Waals surface area contributed by atoms with Crippen molar-refractivity contribution in [3.63, 3.8) is 0 Å². The molecule has 1 rings (SSSR count). The summed E-state index contributed by atoms with van der Waals surface area (Å²) in [6, 6.07) is 0. The van der Waals surface area contributed by atoms with Gasteiger partial charge in [-0.25, -0.2) is 4.79 Å². The number of hydrogen-bond donors (Lipinski definition) is 0. The fourth-order valence-electron chi connectivity index (χ4n) is 1.13. The third-order valence-electron chi connectivity index (χ3n) is 1.78. The van der Waals surface area contributed by atoms with Gasteiger partial charge in [0, 0.05) is 7.05 Å². The van der Waals surface area contributed by atoms with Gasteiger partial charge in [0.25, 0.3) is 0 Å². The Hall–Kier alpha value is -1.72. The molecule has 0 aliphatic carbocycles. The minimum Gasteiger partial charge on any atom is -0.455 e. The van der Waals surface area contributed by atoms with Crippen molar-refractivity contribution in [2.75, 3.05) is 0 Å². The van der Waals surface area contributed by atoms with Crippen molar-refractivity contribution in [3.05, 3.63) is 17.5 Å². The van der Waals surface area contributed by atoms with Gasteiger partial charge >= 0.3 is 5.97 Å². The van der Waals surface area contributed by atoms with Gasteiger partial charge in [-0.2, -0.15) is 9.37 Å². The summed E-state index contributed by atoms with van der Waals surface area (Å²) < 4.78 is 19.3. The number of rotatable bonds is 2. The number of esters is 1. The number of aldehydes is 1. The summed E-state index contributed by atoms with van der Waals surface area (Å²) in [6.45, 7) is 5.00. The summed E-state index contributed by atoms with van der Waals surface area (Å²) in [5.41, 5.74) is -1.08. The van der Waals surface area contributed by atoms with Gasteiger partial charge < -0.3 is 9.30 Å². The van der Waals surface area contributed by atoms with Gasteiger partial charge in [0.15, 0.2) is 17.8 Å². The minimum atomic E-state index is -1.00. The van der Waals surface area contributed by atoms with Gasteiger partial charge in [-0.15, -0.1) is 0 Å². The summed E-state index contributed by atoms with van der Waals surface area (Å²) in [6.07, 6.45) is 0.372. The maximum atomic E-state index is 13.3. The van der Waals surface area contributed by atoms with Crippen LogP contribution in [0.5, 0.6) is 0 Å². The van der Waals surface area contributed by atoms with E-state index in [1.807, 2.05) is 0 Å². The van der Waals surface area contributed by atoms with Crippen LogP contribution in [0.4, 0.5) is 4.39 Å². The summed E-state index contributed by atoms with van der Waals surface area (Å²) in [7, 11) is 1.37. The average molecular weight is 228 g/mol. The van der Waals surface area contributed by atoms with Crippen LogP contribution in [-0.4, -0.2) is 27.4 Å². The normalized spacial score (nSPS) is 11.3. The van der Waals surface area contributed by atoms with E-state index in [4.69, 9.17) is 4.74 Å². The van der Waals surface area contributed by atoms with Crippen molar-refractivity contribution in [2.24, 2.45) is 7.05 Å². The first-order valence-corrected chi connectivity index (χ1v) is 4.67. The van der Waals surface area contributed by atoms with Crippen LogP contribution in [0, 0.1) is 5.95 Å². The number of imidazole rings is 1. The summed E-state index contributed by atoms with van der Waals surface area (Å²) in [5.74, 6) is -2.00. The standard InChI is InChI=1S/C10H13FN2O3/c1-10(2,3)16-9(15)7-8(11)12-6(5-14)13(7)4/h5H,1-4H3. The van der Waals surface area contributed by atoms with E-state index < -0.39 is 17.5 Å². The first kappa shape index (κ1) is 12.4. The molecule has 0 fully saturated rings. The molecule has 88 valence electrons. The molecular formula is C10H13FN2O3. The highest BCUT2D eigenvalue weighted by atomic mass is 19.1. The SMILES string of the molecule is Cn1c(C=O)nc(F)c1C(=O)OC(C)(C)C. The smallest absolute Gasteiger partial charge is 0.360 e. The first-order chi connectivity index (χ1) is 7.26. The molecule has 0 N–H and O–H groups in total. The van der Waals surface area contributed by atoms with Crippen molar-refractivity contribution >= 4 is 12.3 Å². The molecule has 0 aromatic carbocycles. The zero-order chi connectivity index (χ0) is 12.5. The van der Waals surface area contributed by atoms with Crippen molar-refractivity contribution in [1.29, 1.82) is 0 Å². The Balaban J connectivity index is 3.09. The minimum absolute atomic E-state index is 0.154. The van der Waals surface area contributed by atoms with Crippen molar-refractivity contribution < 1.29 is 18.7 Å². The summed E-state index contributed by atoms with van der Waals surface area (Å²) >= 11 is 0. The molecule has 0 aliphatic heterocycles. The molecule has 0 bridgehead atoms. The Morgan fingerprint density at radius 1 is 1.50 bits per heavy atom. The van der Waals surface area contributed by atoms with Crippen LogP contribution in [-0.2, 0) is 11.8 Å². The zero-order valence-electron chi connectivity index (χ0n) is 9.57. The van der Waals surface area contributed by atoms with Gasteiger partial charge in [0.2, 0.25) is 5.95 Å². The van der Waals surface area contributed by atoms with E-state index in [1.165, 1.54) is 7.05 Å². The van der Waals surface area contributed by atoms with Crippen LogP contribution >= 0.6 is 0 Å². The fourth-order valence-corrected chi connectivity index (χ4v) is 1.13. The van der Waals surface area contributed by atoms with Gasteiger partial charge in [-0.3, -0.25) is 4.79 Å². The molecule has 0 saturated heterocycles. The molecule has 0 amide bonds. The van der Waals surface area contributed by atoms with Gasteiger partial charge in [-0.1, -0.05) is 0 Å². The number of halogens is 1. The lowest BCUT2D eigenvalue weighted by atomic mass is 10.2. The lowest BCUT2D eigenvalue weighted by Crippen LogP contribution is -2.25. The molecule has 0 atom stereocenters. The second kappa shape index (κ2) is 4.03. The summed E-state index contributed by atoms with van der Waals surface area (Å²) in [4.78, 5) is 25.4. The van der Waals surface area contributed by atoms with Gasteiger partial charge in [0.1, 0.15) is 5.60 Å². The number of nitrogens with zero attached hydrogens (tertiary/aromatic N) is 2. The number of carbonyl (C=O) groups is 2. The Morgan fingerprint density at radius 2 is 2.06 bits per heavy atom. The molecule has 16 heavy (non-hydrogen) atoms. The maximum absolute atomic E-state index is 13.3. The Morgan fingerprint density at radius 3 is 2.44 bits per heavy atom. The Bertz CT molecular complexity index is 432. The van der Waals surface area contributed by atoms with E-state index >= 15 is 0 Å². The van der Waals surface area contributed by atoms with Crippen molar-refractivity contribution in [2.45, 2.75) is 26.4 Å². The number of hydrogen-bond acceptors (Lipinski definition) is 4. The highest BCUT2D eigenvalue weighted by Crippen LogP contribution is 2.14.